The van der Waals surface area contributed by atoms with Gasteiger partial charge < -0.3 is 10.3 Å². The fourth-order valence-corrected chi connectivity index (χ4v) is 5.83. The molecule has 9 heteroatoms. The highest BCUT2D eigenvalue weighted by Gasteiger charge is 2.21. The van der Waals surface area contributed by atoms with Gasteiger partial charge in [-0.2, -0.15) is 11.8 Å². The van der Waals surface area contributed by atoms with Crippen molar-refractivity contribution in [2.75, 3.05) is 18.6 Å². The van der Waals surface area contributed by atoms with Crippen molar-refractivity contribution in [3.8, 4) is 0 Å². The molecule has 0 fully saturated rings. The van der Waals surface area contributed by atoms with Crippen molar-refractivity contribution in [2.45, 2.75) is 44.6 Å². The number of rotatable bonds is 10. The molecule has 1 unspecified atom stereocenters. The number of nitrogens with zero attached hydrogens (tertiary/aromatic N) is 1. The Morgan fingerprint density at radius 1 is 1.16 bits per heavy atom. The summed E-state index contributed by atoms with van der Waals surface area (Å²) in [6, 6.07) is 11.2. The molecule has 0 aliphatic heterocycles. The predicted octanol–water partition coefficient (Wildman–Crippen LogP) is 3.77. The normalized spacial score (nSPS) is 12.8. The number of carbonyl (C=O) groups is 1. The molecule has 3 rings (SSSR count). The SMILES string of the molecule is CSCCC(NC(=O)CCNS(=O)(=O)c1c(C)cc(C)cc1C)c1nc2ccccc2[nH]1. The minimum atomic E-state index is -3.70. The van der Waals surface area contributed by atoms with E-state index in [1.165, 1.54) is 0 Å². The second-order valence-electron chi connectivity index (χ2n) is 7.92. The molecule has 2 aromatic carbocycles. The smallest absolute Gasteiger partial charge is 0.241 e. The van der Waals surface area contributed by atoms with Crippen LogP contribution < -0.4 is 10.0 Å². The Balaban J connectivity index is 1.64. The Bertz CT molecular complexity index is 1150. The number of sulfonamides is 1. The number of H-pyrrole nitrogens is 1. The van der Waals surface area contributed by atoms with E-state index in [4.69, 9.17) is 0 Å². The third-order valence-corrected chi connectivity index (χ3v) is 7.61. The first kappa shape index (κ1) is 24.3. The lowest BCUT2D eigenvalue weighted by Gasteiger charge is -2.17. The van der Waals surface area contributed by atoms with Gasteiger partial charge in [0.1, 0.15) is 5.82 Å². The zero-order chi connectivity index (χ0) is 23.3. The zero-order valence-electron chi connectivity index (χ0n) is 18.9. The summed E-state index contributed by atoms with van der Waals surface area (Å²) in [4.78, 5) is 20.8. The highest BCUT2D eigenvalue weighted by molar-refractivity contribution is 7.98. The molecule has 7 nitrogen and oxygen atoms in total. The number of benzene rings is 2. The lowest BCUT2D eigenvalue weighted by Crippen LogP contribution is -2.34. The van der Waals surface area contributed by atoms with Crippen LogP contribution in [0.3, 0.4) is 0 Å². The molecule has 0 spiro atoms. The van der Waals surface area contributed by atoms with Crippen molar-refractivity contribution in [3.63, 3.8) is 0 Å². The van der Waals surface area contributed by atoms with Gasteiger partial charge in [0.2, 0.25) is 15.9 Å². The molecule has 3 N–H and O–H groups in total. The van der Waals surface area contributed by atoms with E-state index in [9.17, 15) is 13.2 Å². The molecule has 1 atom stereocenters. The van der Waals surface area contributed by atoms with Crippen LogP contribution in [0, 0.1) is 20.8 Å². The number of hydrogen-bond acceptors (Lipinski definition) is 5. The summed E-state index contributed by atoms with van der Waals surface area (Å²) in [5.74, 6) is 1.34. The third-order valence-electron chi connectivity index (χ3n) is 5.20. The van der Waals surface area contributed by atoms with Gasteiger partial charge in [-0.1, -0.05) is 29.8 Å². The van der Waals surface area contributed by atoms with E-state index in [2.05, 4.69) is 20.0 Å². The predicted molar refractivity (Wildman–Crippen MR) is 130 cm³/mol. The highest BCUT2D eigenvalue weighted by atomic mass is 32.2. The molecule has 0 aliphatic rings. The van der Waals surface area contributed by atoms with E-state index in [0.717, 1.165) is 28.8 Å². The average molecular weight is 475 g/mol. The maximum absolute atomic E-state index is 12.8. The summed E-state index contributed by atoms with van der Waals surface area (Å²) >= 11 is 1.70. The van der Waals surface area contributed by atoms with Crippen molar-refractivity contribution in [3.05, 3.63) is 58.9 Å². The van der Waals surface area contributed by atoms with Crippen LogP contribution in [0.2, 0.25) is 0 Å². The molecule has 1 aromatic heterocycles. The van der Waals surface area contributed by atoms with Crippen molar-refractivity contribution < 1.29 is 13.2 Å². The molecule has 0 saturated carbocycles. The number of thioether (sulfide) groups is 1. The minimum absolute atomic E-state index is 0.0241. The third kappa shape index (κ3) is 5.90. The summed E-state index contributed by atoms with van der Waals surface area (Å²) in [6.07, 6.45) is 2.78. The van der Waals surface area contributed by atoms with Gasteiger partial charge in [0.05, 0.1) is 22.0 Å². The summed E-state index contributed by atoms with van der Waals surface area (Å²) in [7, 11) is -3.70. The Labute approximate surface area is 193 Å². The number of aromatic amines is 1. The van der Waals surface area contributed by atoms with Crippen LogP contribution in [0.5, 0.6) is 0 Å². The van der Waals surface area contributed by atoms with Gasteiger partial charge in [0, 0.05) is 13.0 Å². The molecule has 0 aliphatic carbocycles. The molecule has 172 valence electrons. The number of aromatic nitrogens is 2. The van der Waals surface area contributed by atoms with Gasteiger partial charge in [-0.05, 0) is 62.5 Å². The lowest BCUT2D eigenvalue weighted by atomic mass is 10.1. The molecular formula is C23H30N4O3S2. The molecule has 0 radical (unpaired) electrons. The molecule has 3 aromatic rings. The van der Waals surface area contributed by atoms with Crippen molar-refractivity contribution in [2.24, 2.45) is 0 Å². The second-order valence-corrected chi connectivity index (χ2v) is 10.6. The van der Waals surface area contributed by atoms with Gasteiger partial charge in [0.15, 0.2) is 0 Å². The molecule has 0 saturated heterocycles. The zero-order valence-corrected chi connectivity index (χ0v) is 20.5. The van der Waals surface area contributed by atoms with Crippen LogP contribution in [0.25, 0.3) is 11.0 Å². The number of hydrogen-bond donors (Lipinski definition) is 3. The summed E-state index contributed by atoms with van der Waals surface area (Å²) in [6.45, 7) is 5.52. The Hall–Kier alpha value is -2.36. The molecular weight excluding hydrogens is 444 g/mol. The van der Waals surface area contributed by atoms with Crippen molar-refractivity contribution >= 4 is 38.7 Å². The molecule has 32 heavy (non-hydrogen) atoms. The fraction of sp³-hybridized carbons (Fsp3) is 0.391. The van der Waals surface area contributed by atoms with Gasteiger partial charge in [0.25, 0.3) is 0 Å². The minimum Gasteiger partial charge on any atom is -0.346 e. The van der Waals surface area contributed by atoms with Crippen LogP contribution in [0.15, 0.2) is 41.3 Å². The first-order chi connectivity index (χ1) is 15.2. The number of nitrogens with one attached hydrogen (secondary N) is 3. The maximum Gasteiger partial charge on any atom is 0.241 e. The van der Waals surface area contributed by atoms with Gasteiger partial charge in [-0.25, -0.2) is 18.1 Å². The highest BCUT2D eigenvalue weighted by Crippen LogP contribution is 2.22. The van der Waals surface area contributed by atoms with Crippen molar-refractivity contribution in [1.82, 2.24) is 20.0 Å². The Morgan fingerprint density at radius 3 is 2.50 bits per heavy atom. The van der Waals surface area contributed by atoms with Crippen LogP contribution in [-0.2, 0) is 14.8 Å². The van der Waals surface area contributed by atoms with Crippen LogP contribution >= 0.6 is 11.8 Å². The van der Waals surface area contributed by atoms with E-state index < -0.39 is 10.0 Å². The summed E-state index contributed by atoms with van der Waals surface area (Å²) < 4.78 is 28.1. The summed E-state index contributed by atoms with van der Waals surface area (Å²) in [5, 5.41) is 3.00. The van der Waals surface area contributed by atoms with Crippen LogP contribution in [0.1, 0.15) is 41.4 Å². The first-order valence-electron chi connectivity index (χ1n) is 10.5. The topological polar surface area (TPSA) is 104 Å². The molecule has 1 heterocycles. The number of amides is 1. The van der Waals surface area contributed by atoms with Gasteiger partial charge in [-0.15, -0.1) is 0 Å². The summed E-state index contributed by atoms with van der Waals surface area (Å²) in [5.41, 5.74) is 4.17. The fourth-order valence-electron chi connectivity index (χ4n) is 3.88. The van der Waals surface area contributed by atoms with Crippen LogP contribution in [0.4, 0.5) is 0 Å². The molecule has 0 bridgehead atoms. The van der Waals surface area contributed by atoms with E-state index in [-0.39, 0.29) is 29.8 Å². The number of carbonyl (C=O) groups excluding carboxylic acids is 1. The van der Waals surface area contributed by atoms with E-state index in [1.807, 2.05) is 49.6 Å². The Kier molecular flexibility index (Phi) is 7.97. The van der Waals surface area contributed by atoms with Gasteiger partial charge in [-0.3, -0.25) is 4.79 Å². The maximum atomic E-state index is 12.8. The number of imidazole rings is 1. The monoisotopic (exact) mass is 474 g/mol. The number of fused-ring (bicyclic) bond motifs is 1. The standard InChI is InChI=1S/C23H30N4O3S2/c1-15-13-16(2)22(17(3)14-15)32(29,30)24-11-9-21(28)25-20(10-12-31-4)23-26-18-7-5-6-8-19(18)27-23/h5-8,13-14,20,24H,9-12H2,1-4H3,(H,25,28)(H,26,27). The number of aryl methyl sites for hydroxylation is 3. The van der Waals surface area contributed by atoms with Gasteiger partial charge >= 0.3 is 0 Å². The van der Waals surface area contributed by atoms with E-state index in [0.29, 0.717) is 17.0 Å². The first-order valence-corrected chi connectivity index (χ1v) is 13.4. The van der Waals surface area contributed by atoms with E-state index in [1.54, 1.807) is 25.6 Å². The lowest BCUT2D eigenvalue weighted by molar-refractivity contribution is -0.121. The van der Waals surface area contributed by atoms with E-state index >= 15 is 0 Å². The largest absolute Gasteiger partial charge is 0.346 e. The molecule has 1 amide bonds. The Morgan fingerprint density at radius 2 is 1.84 bits per heavy atom. The second kappa shape index (κ2) is 10.5. The average Bonchev–Trinajstić information content (AvgIpc) is 3.14. The van der Waals surface area contributed by atoms with Crippen LogP contribution in [-0.4, -0.2) is 42.8 Å². The quantitative estimate of drug-likeness (QED) is 0.415. The van der Waals surface area contributed by atoms with Crippen molar-refractivity contribution in [1.29, 1.82) is 0 Å². The number of para-hydroxylation sites is 2.